The Morgan fingerprint density at radius 3 is 2.58 bits per heavy atom. The first kappa shape index (κ1) is 14.4. The lowest BCUT2D eigenvalue weighted by Gasteiger charge is -2.32. The zero-order valence-electron chi connectivity index (χ0n) is 11.3. The summed E-state index contributed by atoms with van der Waals surface area (Å²) in [4.78, 5) is 15.5. The van der Waals surface area contributed by atoms with Gasteiger partial charge in [0.25, 0.3) is 0 Å². The first-order valence-corrected chi connectivity index (χ1v) is 7.77. The van der Waals surface area contributed by atoms with Crippen LogP contribution in [0.15, 0.2) is 35.2 Å². The highest BCUT2D eigenvalue weighted by Gasteiger charge is 2.27. The summed E-state index contributed by atoms with van der Waals surface area (Å²) in [5, 5.41) is 9.48. The molecule has 4 heteroatoms. The van der Waals surface area contributed by atoms with Crippen LogP contribution in [0, 0.1) is 0 Å². The summed E-state index contributed by atoms with van der Waals surface area (Å²) < 4.78 is 0. The number of aliphatic hydroxyl groups excluding tert-OH is 1. The Kier molecular flexibility index (Phi) is 5.28. The Balaban J connectivity index is 1.95. The number of hydrogen-bond acceptors (Lipinski definition) is 3. The van der Waals surface area contributed by atoms with Crippen molar-refractivity contribution < 1.29 is 9.90 Å². The number of carbonyl (C=O) groups excluding carboxylic acids is 1. The maximum Gasteiger partial charge on any atom is 0.236 e. The number of carbonyl (C=O) groups is 1. The summed E-state index contributed by atoms with van der Waals surface area (Å²) in [5.74, 6) is 0.211. The minimum absolute atomic E-state index is 0.0161. The van der Waals surface area contributed by atoms with E-state index in [1.165, 1.54) is 0 Å². The van der Waals surface area contributed by atoms with Crippen molar-refractivity contribution in [2.75, 3.05) is 13.1 Å². The average molecular weight is 279 g/mol. The molecule has 1 aliphatic rings. The van der Waals surface area contributed by atoms with Gasteiger partial charge in [0.05, 0.1) is 11.4 Å². The second-order valence-corrected chi connectivity index (χ2v) is 6.16. The molecule has 1 aliphatic heterocycles. The van der Waals surface area contributed by atoms with Gasteiger partial charge in [-0.05, 0) is 31.4 Å². The molecule has 1 aromatic carbocycles. The molecule has 1 amide bonds. The van der Waals surface area contributed by atoms with Crippen LogP contribution in [-0.4, -0.2) is 40.4 Å². The van der Waals surface area contributed by atoms with Gasteiger partial charge < -0.3 is 10.0 Å². The number of benzene rings is 1. The predicted octanol–water partition coefficient (Wildman–Crippen LogP) is 2.54. The molecule has 1 fully saturated rings. The summed E-state index contributed by atoms with van der Waals surface area (Å²) >= 11 is 1.64. The van der Waals surface area contributed by atoms with Gasteiger partial charge in [0.2, 0.25) is 5.91 Å². The predicted molar refractivity (Wildman–Crippen MR) is 78.2 cm³/mol. The van der Waals surface area contributed by atoms with Gasteiger partial charge in [0.15, 0.2) is 0 Å². The van der Waals surface area contributed by atoms with Crippen molar-refractivity contribution in [3.05, 3.63) is 30.3 Å². The molecule has 3 nitrogen and oxygen atoms in total. The molecule has 0 aliphatic carbocycles. The zero-order valence-corrected chi connectivity index (χ0v) is 12.1. The second-order valence-electron chi connectivity index (χ2n) is 4.88. The molecule has 0 bridgehead atoms. The van der Waals surface area contributed by atoms with E-state index in [0.29, 0.717) is 25.9 Å². The van der Waals surface area contributed by atoms with Crippen molar-refractivity contribution in [3.63, 3.8) is 0 Å². The number of aliphatic hydroxyl groups is 1. The van der Waals surface area contributed by atoms with Crippen LogP contribution in [0.1, 0.15) is 26.2 Å². The normalized spacial score (nSPS) is 18.3. The van der Waals surface area contributed by atoms with Gasteiger partial charge in [0, 0.05) is 18.0 Å². The molecule has 1 saturated heterocycles. The minimum atomic E-state index is -0.231. The quantitative estimate of drug-likeness (QED) is 0.861. The van der Waals surface area contributed by atoms with Gasteiger partial charge in [-0.25, -0.2) is 0 Å². The van der Waals surface area contributed by atoms with Crippen LogP contribution >= 0.6 is 11.8 Å². The number of thioether (sulfide) groups is 1. The van der Waals surface area contributed by atoms with E-state index in [0.717, 1.165) is 11.3 Å². The molecule has 1 heterocycles. The van der Waals surface area contributed by atoms with Crippen LogP contribution in [-0.2, 0) is 4.79 Å². The molecular weight excluding hydrogens is 258 g/mol. The SMILES string of the molecule is CCC(Sc1ccccc1)C(=O)N1CCC(O)CC1. The summed E-state index contributed by atoms with van der Waals surface area (Å²) in [7, 11) is 0. The highest BCUT2D eigenvalue weighted by atomic mass is 32.2. The van der Waals surface area contributed by atoms with Crippen LogP contribution in [0.4, 0.5) is 0 Å². The molecule has 104 valence electrons. The second kappa shape index (κ2) is 6.96. The van der Waals surface area contributed by atoms with Gasteiger partial charge in [-0.3, -0.25) is 4.79 Å². The number of amides is 1. The van der Waals surface area contributed by atoms with E-state index in [9.17, 15) is 9.90 Å². The molecule has 1 atom stereocenters. The molecule has 0 radical (unpaired) electrons. The van der Waals surface area contributed by atoms with E-state index in [2.05, 4.69) is 6.92 Å². The lowest BCUT2D eigenvalue weighted by molar-refractivity contribution is -0.132. The Morgan fingerprint density at radius 1 is 1.37 bits per heavy atom. The van der Waals surface area contributed by atoms with E-state index < -0.39 is 0 Å². The van der Waals surface area contributed by atoms with Gasteiger partial charge >= 0.3 is 0 Å². The Morgan fingerprint density at radius 2 is 2.00 bits per heavy atom. The summed E-state index contributed by atoms with van der Waals surface area (Å²) in [6, 6.07) is 10.1. The third-order valence-corrected chi connectivity index (χ3v) is 4.81. The van der Waals surface area contributed by atoms with Crippen LogP contribution in [0.2, 0.25) is 0 Å². The monoisotopic (exact) mass is 279 g/mol. The third-order valence-electron chi connectivity index (χ3n) is 3.44. The molecule has 0 saturated carbocycles. The average Bonchev–Trinajstić information content (AvgIpc) is 2.46. The van der Waals surface area contributed by atoms with E-state index in [1.54, 1.807) is 11.8 Å². The molecule has 0 spiro atoms. The Hall–Kier alpha value is -1.00. The summed E-state index contributed by atoms with van der Waals surface area (Å²) in [6.45, 7) is 3.43. The lowest BCUT2D eigenvalue weighted by Crippen LogP contribution is -2.43. The number of rotatable bonds is 4. The maximum atomic E-state index is 12.5. The Labute approximate surface area is 119 Å². The molecule has 19 heavy (non-hydrogen) atoms. The summed E-state index contributed by atoms with van der Waals surface area (Å²) in [5.41, 5.74) is 0. The highest BCUT2D eigenvalue weighted by Crippen LogP contribution is 2.27. The van der Waals surface area contributed by atoms with Crippen LogP contribution in [0.25, 0.3) is 0 Å². The van der Waals surface area contributed by atoms with Crippen molar-refractivity contribution in [2.24, 2.45) is 0 Å². The van der Waals surface area contributed by atoms with Gasteiger partial charge in [-0.15, -0.1) is 11.8 Å². The molecule has 0 aromatic heterocycles. The van der Waals surface area contributed by atoms with E-state index >= 15 is 0 Å². The van der Waals surface area contributed by atoms with Crippen LogP contribution in [0.3, 0.4) is 0 Å². The zero-order chi connectivity index (χ0) is 13.7. The van der Waals surface area contributed by atoms with Crippen molar-refractivity contribution in [2.45, 2.75) is 42.4 Å². The van der Waals surface area contributed by atoms with Crippen molar-refractivity contribution >= 4 is 17.7 Å². The summed E-state index contributed by atoms with van der Waals surface area (Å²) in [6.07, 6.45) is 2.01. The van der Waals surface area contributed by atoms with E-state index in [-0.39, 0.29) is 17.3 Å². The fraction of sp³-hybridized carbons (Fsp3) is 0.533. The highest BCUT2D eigenvalue weighted by molar-refractivity contribution is 8.00. The van der Waals surface area contributed by atoms with Gasteiger partial charge in [-0.1, -0.05) is 25.1 Å². The standard InChI is InChI=1S/C15H21NO2S/c1-2-14(19-13-6-4-3-5-7-13)15(18)16-10-8-12(17)9-11-16/h3-7,12,14,17H,2,8-11H2,1H3. The molecular formula is C15H21NO2S. The van der Waals surface area contributed by atoms with Gasteiger partial charge in [-0.2, -0.15) is 0 Å². The van der Waals surface area contributed by atoms with Gasteiger partial charge in [0.1, 0.15) is 0 Å². The molecule has 1 aromatic rings. The Bertz CT molecular complexity index is 402. The van der Waals surface area contributed by atoms with Crippen molar-refractivity contribution in [3.8, 4) is 0 Å². The number of likely N-dealkylation sites (tertiary alicyclic amines) is 1. The first-order chi connectivity index (χ1) is 9.20. The minimum Gasteiger partial charge on any atom is -0.393 e. The van der Waals surface area contributed by atoms with Crippen LogP contribution in [0.5, 0.6) is 0 Å². The third kappa shape index (κ3) is 3.98. The molecule has 2 rings (SSSR count). The van der Waals surface area contributed by atoms with E-state index in [4.69, 9.17) is 0 Å². The fourth-order valence-corrected chi connectivity index (χ4v) is 3.32. The molecule has 1 unspecified atom stereocenters. The smallest absolute Gasteiger partial charge is 0.236 e. The topological polar surface area (TPSA) is 40.5 Å². The molecule has 1 N–H and O–H groups in total. The lowest BCUT2D eigenvalue weighted by atomic mass is 10.1. The van der Waals surface area contributed by atoms with Crippen molar-refractivity contribution in [1.82, 2.24) is 4.90 Å². The van der Waals surface area contributed by atoms with E-state index in [1.807, 2.05) is 35.2 Å². The number of nitrogens with zero attached hydrogens (tertiary/aromatic N) is 1. The largest absolute Gasteiger partial charge is 0.393 e. The maximum absolute atomic E-state index is 12.5. The fourth-order valence-electron chi connectivity index (χ4n) is 2.26. The number of piperidine rings is 1. The number of hydrogen-bond donors (Lipinski definition) is 1. The first-order valence-electron chi connectivity index (χ1n) is 6.89. The van der Waals surface area contributed by atoms with Crippen LogP contribution < -0.4 is 0 Å². The van der Waals surface area contributed by atoms with Crippen molar-refractivity contribution in [1.29, 1.82) is 0 Å².